The molecule has 0 aliphatic rings. The van der Waals surface area contributed by atoms with Crippen molar-refractivity contribution < 1.29 is 17.7 Å². The summed E-state index contributed by atoms with van der Waals surface area (Å²) in [6, 6.07) is 135. The van der Waals surface area contributed by atoms with Gasteiger partial charge in [-0.05, 0) is 141 Å². The molecule has 524 valence electrons. The number of furan rings is 4. The average molecular weight is 1430 g/mol. The van der Waals surface area contributed by atoms with Crippen molar-refractivity contribution in [2.24, 2.45) is 0 Å². The van der Waals surface area contributed by atoms with Gasteiger partial charge in [-0.15, -0.1) is 0 Å². The number of benzene rings is 16. The van der Waals surface area contributed by atoms with E-state index in [1.807, 2.05) is 84.9 Å². The van der Waals surface area contributed by atoms with Crippen LogP contribution in [0.2, 0.25) is 0 Å². The fraction of sp³-hybridized carbons (Fsp3) is 0. The van der Waals surface area contributed by atoms with Gasteiger partial charge in [-0.3, -0.25) is 0 Å². The van der Waals surface area contributed by atoms with Crippen molar-refractivity contribution in [3.63, 3.8) is 0 Å². The van der Waals surface area contributed by atoms with E-state index >= 15 is 0 Å². The second-order valence-corrected chi connectivity index (χ2v) is 28.2. The van der Waals surface area contributed by atoms with Crippen LogP contribution < -0.4 is 0 Å². The molecule has 0 amide bonds. The molecule has 0 bridgehead atoms. The lowest BCUT2D eigenvalue weighted by molar-refractivity contribution is 0.668. The molecule has 112 heavy (non-hydrogen) atoms. The third-order valence-corrected chi connectivity index (χ3v) is 21.5. The summed E-state index contributed by atoms with van der Waals surface area (Å²) < 4.78 is 25.6. The Balaban J connectivity index is 0.000000141. The summed E-state index contributed by atoms with van der Waals surface area (Å²) in [5.41, 5.74) is 29.2. The predicted octanol–water partition coefficient (Wildman–Crippen LogP) is 28.6. The highest BCUT2D eigenvalue weighted by Gasteiger charge is 2.24. The molecule has 0 saturated heterocycles. The number of aromatic nitrogens is 4. The average Bonchev–Trinajstić information content (AvgIpc) is 1.63. The Kier molecular flexibility index (Phi) is 16.1. The lowest BCUT2D eigenvalue weighted by Gasteiger charge is -2.15. The highest BCUT2D eigenvalue weighted by atomic mass is 16.3. The van der Waals surface area contributed by atoms with Gasteiger partial charge >= 0.3 is 0 Å². The molecule has 0 atom stereocenters. The lowest BCUT2D eigenvalue weighted by Crippen LogP contribution is -1.98. The van der Waals surface area contributed by atoms with Crippen LogP contribution >= 0.6 is 0 Å². The minimum atomic E-state index is 0.630. The van der Waals surface area contributed by atoms with Gasteiger partial charge in [0.05, 0.1) is 22.8 Å². The van der Waals surface area contributed by atoms with Crippen molar-refractivity contribution in [2.75, 3.05) is 0 Å². The minimum absolute atomic E-state index is 0.630. The Morgan fingerprint density at radius 2 is 0.429 bits per heavy atom. The Morgan fingerprint density at radius 3 is 0.902 bits per heavy atom. The normalized spacial score (nSPS) is 11.6. The first-order chi connectivity index (χ1) is 55.5. The topological polar surface area (TPSA) is 104 Å². The molecule has 0 aliphatic heterocycles. The van der Waals surface area contributed by atoms with Crippen molar-refractivity contribution in [2.45, 2.75) is 0 Å². The Morgan fingerprint density at radius 1 is 0.143 bits per heavy atom. The zero-order valence-corrected chi connectivity index (χ0v) is 60.4. The molecule has 0 unspecified atom stereocenters. The summed E-state index contributed by atoms with van der Waals surface area (Å²) in [6.07, 6.45) is 0. The van der Waals surface area contributed by atoms with Gasteiger partial charge in [0.1, 0.15) is 44.7 Å². The number of nitrogens with zero attached hydrogens (tertiary/aromatic N) is 4. The van der Waals surface area contributed by atoms with Crippen LogP contribution in [0.25, 0.3) is 222 Å². The van der Waals surface area contributed by atoms with Crippen LogP contribution in [0.4, 0.5) is 0 Å². The first-order valence-electron chi connectivity index (χ1n) is 37.6. The SMILES string of the molecule is c1ccc(-c2ccc(-c3cc(-c4ccccc4)nc(-c4ccc(-c5ccc6oc7ccccc7c6c5)cc4-c4ccc5oc6ccccc6c5c4)n3)cc2)cc1.c1ccc(-c2ccc(-c3cc(-c4ccccc4)nc(-c4ccc(-c5cccc6c5oc5ccccc56)cc4-c4cccc5c4oc4ccccc45)n3)cc2)cc1. The van der Waals surface area contributed by atoms with Gasteiger partial charge in [-0.25, -0.2) is 19.9 Å². The molecule has 0 radical (unpaired) electrons. The molecule has 0 spiro atoms. The molecular formula is C104H64N4O4. The maximum absolute atomic E-state index is 6.66. The lowest BCUT2D eigenvalue weighted by atomic mass is 9.92. The smallest absolute Gasteiger partial charge is 0.161 e. The van der Waals surface area contributed by atoms with E-state index in [1.54, 1.807) is 0 Å². The van der Waals surface area contributed by atoms with Crippen LogP contribution in [0.1, 0.15) is 0 Å². The summed E-state index contributed by atoms with van der Waals surface area (Å²) in [6.45, 7) is 0. The highest BCUT2D eigenvalue weighted by molar-refractivity contribution is 6.13. The van der Waals surface area contributed by atoms with Crippen molar-refractivity contribution in [1.29, 1.82) is 0 Å². The summed E-state index contributed by atoms with van der Waals surface area (Å²) in [5, 5.41) is 8.69. The zero-order chi connectivity index (χ0) is 74.0. The minimum Gasteiger partial charge on any atom is -0.456 e. The molecule has 16 aromatic carbocycles. The van der Waals surface area contributed by atoms with E-state index in [0.717, 1.165) is 200 Å². The number of rotatable bonds is 12. The van der Waals surface area contributed by atoms with E-state index in [0.29, 0.717) is 11.6 Å². The fourth-order valence-corrected chi connectivity index (χ4v) is 15.9. The van der Waals surface area contributed by atoms with Crippen molar-refractivity contribution in [1.82, 2.24) is 19.9 Å². The monoisotopic (exact) mass is 1430 g/mol. The first kappa shape index (κ1) is 65.2. The van der Waals surface area contributed by atoms with Gasteiger partial charge in [-0.2, -0.15) is 0 Å². The van der Waals surface area contributed by atoms with Gasteiger partial charge < -0.3 is 17.7 Å². The highest BCUT2D eigenvalue weighted by Crippen LogP contribution is 2.46. The molecule has 0 saturated carbocycles. The van der Waals surface area contributed by atoms with E-state index in [1.165, 1.54) is 11.1 Å². The maximum atomic E-state index is 6.66. The van der Waals surface area contributed by atoms with Crippen LogP contribution in [0, 0.1) is 0 Å². The Labute approximate surface area is 644 Å². The predicted molar refractivity (Wildman–Crippen MR) is 458 cm³/mol. The molecule has 6 aromatic heterocycles. The number of hydrogen-bond acceptors (Lipinski definition) is 8. The summed E-state index contributed by atoms with van der Waals surface area (Å²) in [7, 11) is 0. The standard InChI is InChI=1S/2C52H32N2O2/c1-3-13-33(14-4-1)34-25-27-36(28-26-34)47-32-46(35-15-5-2-6-16-35)53-52(54-47)44-30-29-37(38-19-11-20-41-39-17-7-9-23-48(39)55-50(38)41)31-45(44)43-22-12-21-42-40-18-8-10-24-49(40)56-51(42)43;1-3-11-33(12-4-1)34-19-21-36(22-20-34)47-32-46(35-13-5-2-6-14-35)53-52(54-47)42-26-23-37(38-24-27-50-44(30-38)40-15-7-9-17-48(40)55-50)29-43(42)39-25-28-51-45(31-39)41-16-8-10-18-49(41)56-51/h2*1-32H. The molecular weight excluding hydrogens is 1370 g/mol. The maximum Gasteiger partial charge on any atom is 0.161 e. The first-order valence-corrected chi connectivity index (χ1v) is 37.6. The van der Waals surface area contributed by atoms with Crippen LogP contribution in [0.15, 0.2) is 406 Å². The van der Waals surface area contributed by atoms with E-state index in [-0.39, 0.29) is 0 Å². The second-order valence-electron chi connectivity index (χ2n) is 28.2. The van der Waals surface area contributed by atoms with Gasteiger partial charge in [0.15, 0.2) is 11.6 Å². The van der Waals surface area contributed by atoms with Crippen LogP contribution in [-0.2, 0) is 0 Å². The van der Waals surface area contributed by atoms with E-state index < -0.39 is 0 Å². The van der Waals surface area contributed by atoms with Gasteiger partial charge in [-0.1, -0.05) is 303 Å². The molecule has 0 fully saturated rings. The van der Waals surface area contributed by atoms with Gasteiger partial charge in [0.25, 0.3) is 0 Å². The van der Waals surface area contributed by atoms with E-state index in [2.05, 4.69) is 303 Å². The van der Waals surface area contributed by atoms with Gasteiger partial charge in [0, 0.05) is 87.6 Å². The molecule has 0 aliphatic carbocycles. The van der Waals surface area contributed by atoms with E-state index in [4.69, 9.17) is 37.6 Å². The molecule has 8 nitrogen and oxygen atoms in total. The molecule has 8 heteroatoms. The quantitative estimate of drug-likeness (QED) is 0.119. The van der Waals surface area contributed by atoms with E-state index in [9.17, 15) is 0 Å². The third-order valence-electron chi connectivity index (χ3n) is 21.5. The van der Waals surface area contributed by atoms with Crippen molar-refractivity contribution in [3.8, 4) is 135 Å². The molecule has 22 rings (SSSR count). The molecule has 22 aromatic rings. The number of fused-ring (bicyclic) bond motifs is 12. The number of hydrogen-bond donors (Lipinski definition) is 0. The van der Waals surface area contributed by atoms with Crippen LogP contribution in [0.5, 0.6) is 0 Å². The Bertz CT molecular complexity index is 7350. The molecule has 6 heterocycles. The summed E-state index contributed by atoms with van der Waals surface area (Å²) >= 11 is 0. The van der Waals surface area contributed by atoms with Crippen molar-refractivity contribution in [3.05, 3.63) is 388 Å². The second kappa shape index (κ2) is 27.6. The van der Waals surface area contributed by atoms with Crippen LogP contribution in [0.3, 0.4) is 0 Å². The summed E-state index contributed by atoms with van der Waals surface area (Å²) in [5.74, 6) is 1.29. The largest absolute Gasteiger partial charge is 0.456 e. The fourth-order valence-electron chi connectivity index (χ4n) is 15.9. The van der Waals surface area contributed by atoms with Crippen LogP contribution in [-0.4, -0.2) is 19.9 Å². The Hall–Kier alpha value is -15.1. The third kappa shape index (κ3) is 11.9. The van der Waals surface area contributed by atoms with Gasteiger partial charge in [0.2, 0.25) is 0 Å². The zero-order valence-electron chi connectivity index (χ0n) is 60.4. The van der Waals surface area contributed by atoms with Crippen molar-refractivity contribution >= 4 is 87.8 Å². The number of para-hydroxylation sites is 6. The molecule has 0 N–H and O–H groups in total. The summed E-state index contributed by atoms with van der Waals surface area (Å²) in [4.78, 5) is 21.2.